The summed E-state index contributed by atoms with van der Waals surface area (Å²) in [5, 5.41) is 0. The van der Waals surface area contributed by atoms with Gasteiger partial charge in [0.25, 0.3) is 0 Å². The van der Waals surface area contributed by atoms with Gasteiger partial charge in [0.05, 0.1) is 0 Å². The molecule has 0 rings (SSSR count). The van der Waals surface area contributed by atoms with Gasteiger partial charge in [-0.3, -0.25) is 14.1 Å². The summed E-state index contributed by atoms with van der Waals surface area (Å²) >= 11 is 0. The normalized spacial score (nSPS) is 12.1. The van der Waals surface area contributed by atoms with Crippen LogP contribution >= 0.6 is 8.69 Å². The topological polar surface area (TPSA) is 105 Å². The predicted molar refractivity (Wildman–Crippen MR) is 114 cm³/mol. The molecule has 0 bridgehead atoms. The Morgan fingerprint density at radius 1 is 0.793 bits per heavy atom. The van der Waals surface area contributed by atoms with Crippen molar-refractivity contribution >= 4 is 20.6 Å². The van der Waals surface area contributed by atoms with Crippen molar-refractivity contribution in [2.24, 2.45) is 5.73 Å². The van der Waals surface area contributed by atoms with Gasteiger partial charge in [-0.2, -0.15) is 0 Å². The molecule has 0 saturated carbocycles. The van der Waals surface area contributed by atoms with Gasteiger partial charge in [0.2, 0.25) is 0 Å². The molecule has 2 N–H and O–H groups in total. The van der Waals surface area contributed by atoms with Crippen LogP contribution in [0.5, 0.6) is 0 Å². The lowest BCUT2D eigenvalue weighted by Gasteiger charge is -2.16. The van der Waals surface area contributed by atoms with Crippen molar-refractivity contribution in [1.29, 1.82) is 0 Å². The van der Waals surface area contributed by atoms with Crippen molar-refractivity contribution in [1.82, 2.24) is 0 Å². The quantitative estimate of drug-likeness (QED) is 0.152. The van der Waals surface area contributed by atoms with Crippen LogP contribution in [0, 0.1) is 0 Å². The number of unbranched alkanes of at least 4 members (excludes halogenated alkanes) is 10. The predicted octanol–water partition coefficient (Wildman–Crippen LogP) is 5.10. The Kier molecular flexibility index (Phi) is 20.9. The Morgan fingerprint density at radius 2 is 1.34 bits per heavy atom. The molecule has 0 radical (unpaired) electrons. The first-order valence-electron chi connectivity index (χ1n) is 11.1. The number of nitrogens with two attached hydrogens (primary N) is 1. The number of hydrogen-bond donors (Lipinski definition) is 1. The van der Waals surface area contributed by atoms with Gasteiger partial charge < -0.3 is 15.2 Å². The molecule has 0 saturated heterocycles. The standard InChI is InChI=1S/C21H40NO6P/c1-2-3-4-8-12-15-21(24)28-19(18-27-29-25)17-26-20(23)14-11-9-6-5-7-10-13-16-22/h19H,2-18,22H2,1H3/t19-/m1/s1. The summed E-state index contributed by atoms with van der Waals surface area (Å²) < 4.78 is 25.8. The molecule has 0 heterocycles. The van der Waals surface area contributed by atoms with Crippen LogP contribution in [0.15, 0.2) is 0 Å². The SMILES string of the molecule is CCCCCCCC(=O)O[C@@H](COP=O)COC(=O)CCCCCCCCCN. The third kappa shape index (κ3) is 20.0. The maximum Gasteiger partial charge on any atom is 0.327 e. The van der Waals surface area contributed by atoms with E-state index < -0.39 is 14.8 Å². The highest BCUT2D eigenvalue weighted by atomic mass is 31.1. The van der Waals surface area contributed by atoms with Gasteiger partial charge in [0.15, 0.2) is 6.10 Å². The van der Waals surface area contributed by atoms with Crippen molar-refractivity contribution in [3.8, 4) is 0 Å². The van der Waals surface area contributed by atoms with Crippen LogP contribution in [0.2, 0.25) is 0 Å². The Balaban J connectivity index is 3.91. The summed E-state index contributed by atoms with van der Waals surface area (Å²) in [5.74, 6) is -0.656. The van der Waals surface area contributed by atoms with Crippen molar-refractivity contribution in [3.05, 3.63) is 0 Å². The van der Waals surface area contributed by atoms with Crippen molar-refractivity contribution < 1.29 is 28.2 Å². The van der Waals surface area contributed by atoms with Crippen molar-refractivity contribution in [3.63, 3.8) is 0 Å². The Bertz CT molecular complexity index is 422. The molecule has 0 aromatic carbocycles. The fourth-order valence-electron chi connectivity index (χ4n) is 2.90. The van der Waals surface area contributed by atoms with E-state index in [9.17, 15) is 14.2 Å². The summed E-state index contributed by atoms with van der Waals surface area (Å²) in [5.41, 5.74) is 5.46. The van der Waals surface area contributed by atoms with Crippen molar-refractivity contribution in [2.75, 3.05) is 19.8 Å². The zero-order chi connectivity index (χ0) is 21.6. The number of carbonyl (C=O) groups is 2. The van der Waals surface area contributed by atoms with E-state index in [1.54, 1.807) is 0 Å². The summed E-state index contributed by atoms with van der Waals surface area (Å²) in [6.07, 6.45) is 12.6. The fraction of sp³-hybridized carbons (Fsp3) is 0.905. The molecule has 170 valence electrons. The Hall–Kier alpha value is -1.04. The summed E-state index contributed by atoms with van der Waals surface area (Å²) in [4.78, 5) is 23.8. The third-order valence-corrected chi connectivity index (χ3v) is 4.87. The molecule has 0 aromatic rings. The largest absolute Gasteiger partial charge is 0.462 e. The minimum Gasteiger partial charge on any atom is -0.462 e. The van der Waals surface area contributed by atoms with E-state index in [1.807, 2.05) is 0 Å². The minimum atomic E-state index is -0.730. The molecule has 29 heavy (non-hydrogen) atoms. The lowest BCUT2D eigenvalue weighted by molar-refractivity contribution is -0.160. The second-order valence-corrected chi connectivity index (χ2v) is 7.75. The van der Waals surface area contributed by atoms with E-state index in [0.29, 0.717) is 12.8 Å². The lowest BCUT2D eigenvalue weighted by atomic mass is 10.1. The van der Waals surface area contributed by atoms with E-state index >= 15 is 0 Å². The molecular weight excluding hydrogens is 393 g/mol. The van der Waals surface area contributed by atoms with Crippen molar-refractivity contribution in [2.45, 2.75) is 103 Å². The van der Waals surface area contributed by atoms with E-state index in [4.69, 9.17) is 19.7 Å². The second-order valence-electron chi connectivity index (χ2n) is 7.34. The maximum absolute atomic E-state index is 11.9. The first-order valence-corrected chi connectivity index (χ1v) is 11.9. The summed E-state index contributed by atoms with van der Waals surface area (Å²) in [6, 6.07) is 0. The molecule has 8 heteroatoms. The van der Waals surface area contributed by atoms with Crippen LogP contribution in [0.25, 0.3) is 0 Å². The molecule has 0 fully saturated rings. The fourth-order valence-corrected chi connectivity index (χ4v) is 3.13. The van der Waals surface area contributed by atoms with Crippen LogP contribution in [0.1, 0.15) is 96.8 Å². The highest BCUT2D eigenvalue weighted by molar-refractivity contribution is 7.17. The summed E-state index contributed by atoms with van der Waals surface area (Å²) in [7, 11) is -0.493. The van der Waals surface area contributed by atoms with E-state index in [0.717, 1.165) is 64.3 Å². The molecule has 0 spiro atoms. The van der Waals surface area contributed by atoms with Gasteiger partial charge >= 0.3 is 20.6 Å². The minimum absolute atomic E-state index is 0.0668. The first kappa shape index (κ1) is 28.0. The number of ether oxygens (including phenoxy) is 2. The summed E-state index contributed by atoms with van der Waals surface area (Å²) in [6.45, 7) is 2.75. The molecule has 0 aromatic heterocycles. The molecule has 1 atom stereocenters. The van der Waals surface area contributed by atoms with Crippen LogP contribution < -0.4 is 5.73 Å². The maximum atomic E-state index is 11.9. The highest BCUT2D eigenvalue weighted by Gasteiger charge is 2.17. The van der Waals surface area contributed by atoms with Gasteiger partial charge in [0, 0.05) is 12.8 Å². The Labute approximate surface area is 177 Å². The smallest absolute Gasteiger partial charge is 0.327 e. The third-order valence-electron chi connectivity index (χ3n) is 4.61. The monoisotopic (exact) mass is 433 g/mol. The molecule has 0 aliphatic heterocycles. The average molecular weight is 434 g/mol. The molecule has 0 aliphatic carbocycles. The highest BCUT2D eigenvalue weighted by Crippen LogP contribution is 2.11. The van der Waals surface area contributed by atoms with Gasteiger partial charge in [-0.15, -0.1) is 0 Å². The van der Waals surface area contributed by atoms with E-state index in [2.05, 4.69) is 6.92 Å². The first-order chi connectivity index (χ1) is 14.1. The number of carbonyl (C=O) groups excluding carboxylic acids is 2. The molecule has 0 amide bonds. The zero-order valence-corrected chi connectivity index (χ0v) is 19.0. The zero-order valence-electron chi connectivity index (χ0n) is 18.1. The van der Waals surface area contributed by atoms with Gasteiger partial charge in [-0.25, -0.2) is 4.57 Å². The lowest BCUT2D eigenvalue weighted by Crippen LogP contribution is -2.28. The second kappa shape index (κ2) is 21.7. The van der Waals surface area contributed by atoms with Gasteiger partial charge in [0.1, 0.15) is 13.2 Å². The number of hydrogen-bond acceptors (Lipinski definition) is 7. The van der Waals surface area contributed by atoms with Gasteiger partial charge in [-0.1, -0.05) is 64.7 Å². The van der Waals surface area contributed by atoms with Gasteiger partial charge in [-0.05, 0) is 25.8 Å². The average Bonchev–Trinajstić information content (AvgIpc) is 2.71. The number of rotatable bonds is 21. The molecular formula is C21H40NO6P. The van der Waals surface area contributed by atoms with E-state index in [-0.39, 0.29) is 25.2 Å². The molecule has 7 nitrogen and oxygen atoms in total. The molecule has 0 unspecified atom stereocenters. The van der Waals surface area contributed by atoms with E-state index in [1.165, 1.54) is 19.3 Å². The Morgan fingerprint density at radius 3 is 1.93 bits per heavy atom. The van der Waals surface area contributed by atoms with Crippen LogP contribution in [-0.2, 0) is 28.2 Å². The number of esters is 2. The van der Waals surface area contributed by atoms with Crippen LogP contribution in [0.4, 0.5) is 0 Å². The molecule has 0 aliphatic rings. The van der Waals surface area contributed by atoms with Crippen LogP contribution in [-0.4, -0.2) is 37.8 Å². The van der Waals surface area contributed by atoms with Crippen LogP contribution in [0.3, 0.4) is 0 Å².